The third-order valence-electron chi connectivity index (χ3n) is 7.17. The Bertz CT molecular complexity index is 1300. The number of nitrogens with zero attached hydrogens (tertiary/aromatic N) is 3. The Kier molecular flexibility index (Phi) is 13.8. The number of rotatable bonds is 17. The van der Waals surface area contributed by atoms with Gasteiger partial charge in [-0.15, -0.1) is 0 Å². The van der Waals surface area contributed by atoms with Crippen molar-refractivity contribution in [2.24, 2.45) is 11.8 Å². The number of hydrazine groups is 1. The molecule has 0 heterocycles. The maximum atomic E-state index is 13.6. The lowest BCUT2D eigenvalue weighted by Crippen LogP contribution is -2.54. The zero-order valence-corrected chi connectivity index (χ0v) is 25.7. The first-order chi connectivity index (χ1) is 20.8. The first-order valence-electron chi connectivity index (χ1n) is 15.0. The van der Waals surface area contributed by atoms with E-state index in [2.05, 4.69) is 10.2 Å². The lowest BCUT2D eigenvalue weighted by atomic mass is 9.96. The van der Waals surface area contributed by atoms with Gasteiger partial charge in [-0.25, -0.2) is 9.80 Å². The number of hydrogen-bond acceptors (Lipinski definition) is 5. The van der Waals surface area contributed by atoms with Gasteiger partial charge in [0.15, 0.2) is 0 Å². The van der Waals surface area contributed by atoms with Crippen LogP contribution in [0.3, 0.4) is 0 Å². The molecule has 3 aromatic carbocycles. The van der Waals surface area contributed by atoms with Gasteiger partial charge in [0.25, 0.3) is 5.91 Å². The molecule has 8 nitrogen and oxygen atoms in total. The van der Waals surface area contributed by atoms with Crippen molar-refractivity contribution in [3.63, 3.8) is 0 Å². The van der Waals surface area contributed by atoms with Gasteiger partial charge in [0.05, 0.1) is 6.61 Å². The molecule has 43 heavy (non-hydrogen) atoms. The smallest absolute Gasteiger partial charge is 0.419 e. The highest BCUT2D eigenvalue weighted by molar-refractivity contribution is 6.36. The molecule has 0 radical (unpaired) electrons. The van der Waals surface area contributed by atoms with Crippen LogP contribution in [-0.2, 0) is 27.4 Å². The molecule has 0 aliphatic carbocycles. The van der Waals surface area contributed by atoms with E-state index in [1.807, 2.05) is 94.4 Å². The van der Waals surface area contributed by atoms with Crippen molar-refractivity contribution < 1.29 is 23.9 Å². The van der Waals surface area contributed by atoms with Crippen LogP contribution in [0.5, 0.6) is 0 Å². The molecule has 0 bridgehead atoms. The number of unbranched alkanes of at least 4 members (excludes halogenated alkanes) is 1. The summed E-state index contributed by atoms with van der Waals surface area (Å²) in [5.41, 5.74) is 15.5. The van der Waals surface area contributed by atoms with E-state index < -0.39 is 12.0 Å². The van der Waals surface area contributed by atoms with Gasteiger partial charge in [-0.3, -0.25) is 10.2 Å². The van der Waals surface area contributed by atoms with E-state index in [9.17, 15) is 15.1 Å². The Morgan fingerprint density at radius 2 is 1.37 bits per heavy atom. The maximum absolute atomic E-state index is 13.6. The predicted molar refractivity (Wildman–Crippen MR) is 168 cm³/mol. The van der Waals surface area contributed by atoms with Crippen molar-refractivity contribution in [1.82, 2.24) is 10.4 Å². The Morgan fingerprint density at radius 3 is 1.93 bits per heavy atom. The number of hydrogen-bond donors (Lipinski definition) is 1. The number of carbonyl (C=O) groups is 2. The number of esters is 1. The summed E-state index contributed by atoms with van der Waals surface area (Å²) in [5.74, 6) is -0.891. The summed E-state index contributed by atoms with van der Waals surface area (Å²) in [7, 11) is 0. The second-order valence-electron chi connectivity index (χ2n) is 11.3. The minimum atomic E-state index is -0.764. The van der Waals surface area contributed by atoms with E-state index in [0.29, 0.717) is 38.0 Å². The van der Waals surface area contributed by atoms with Gasteiger partial charge in [-0.1, -0.05) is 107 Å². The van der Waals surface area contributed by atoms with Crippen LogP contribution in [0, 0.1) is 11.8 Å². The SMILES string of the molecule is CC(C)C(OC(=O)C(=[N+]=[N-])C(CCCCOCc1ccccc1)N(Cc1ccccc1)NC(=O)c1ccccc1)C(C)C. The second-order valence-corrected chi connectivity index (χ2v) is 11.3. The highest BCUT2D eigenvalue weighted by Gasteiger charge is 2.40. The number of carbonyl (C=O) groups excluding carboxylic acids is 2. The van der Waals surface area contributed by atoms with Crippen molar-refractivity contribution in [3.05, 3.63) is 113 Å². The van der Waals surface area contributed by atoms with Crippen LogP contribution < -0.4 is 5.43 Å². The average molecular weight is 585 g/mol. The summed E-state index contributed by atoms with van der Waals surface area (Å²) in [4.78, 5) is 30.4. The fraction of sp³-hybridized carbons (Fsp3) is 0.400. The molecular weight excluding hydrogens is 540 g/mol. The third kappa shape index (κ3) is 10.9. The summed E-state index contributed by atoms with van der Waals surface area (Å²) in [6, 6.07) is 27.7. The van der Waals surface area contributed by atoms with E-state index in [0.717, 1.165) is 11.1 Å². The Balaban J connectivity index is 1.84. The lowest BCUT2D eigenvalue weighted by molar-refractivity contribution is -0.151. The number of amides is 1. The van der Waals surface area contributed by atoms with E-state index in [-0.39, 0.29) is 36.1 Å². The number of ether oxygens (including phenoxy) is 2. The molecule has 8 heteroatoms. The van der Waals surface area contributed by atoms with E-state index in [4.69, 9.17) is 9.47 Å². The highest BCUT2D eigenvalue weighted by atomic mass is 16.5. The normalized spacial score (nSPS) is 11.9. The average Bonchev–Trinajstić information content (AvgIpc) is 3.01. The van der Waals surface area contributed by atoms with E-state index >= 15 is 0 Å². The first kappa shape index (κ1) is 33.4. The zero-order chi connectivity index (χ0) is 31.0. The van der Waals surface area contributed by atoms with Gasteiger partial charge in [0.2, 0.25) is 0 Å². The molecular formula is C35H44N4O4. The van der Waals surface area contributed by atoms with Crippen LogP contribution in [0.25, 0.3) is 5.53 Å². The second kappa shape index (κ2) is 17.8. The molecule has 0 aliphatic heterocycles. The molecule has 1 N–H and O–H groups in total. The molecule has 1 atom stereocenters. The van der Waals surface area contributed by atoms with Gasteiger partial charge in [-0.05, 0) is 54.4 Å². The highest BCUT2D eigenvalue weighted by Crippen LogP contribution is 2.20. The van der Waals surface area contributed by atoms with Crippen molar-refractivity contribution in [3.8, 4) is 0 Å². The van der Waals surface area contributed by atoms with Crippen LogP contribution in [0.15, 0.2) is 91.0 Å². The molecule has 0 saturated carbocycles. The summed E-state index contributed by atoms with van der Waals surface area (Å²) >= 11 is 0. The van der Waals surface area contributed by atoms with Crippen LogP contribution in [0.2, 0.25) is 0 Å². The Labute approximate surface area is 255 Å². The fourth-order valence-corrected chi connectivity index (χ4v) is 5.01. The Hall–Kier alpha value is -4.10. The topological polar surface area (TPSA) is 104 Å². The van der Waals surface area contributed by atoms with Crippen molar-refractivity contribution in [2.75, 3.05) is 6.61 Å². The largest absolute Gasteiger partial charge is 0.453 e. The maximum Gasteiger partial charge on any atom is 0.419 e. The van der Waals surface area contributed by atoms with Crippen LogP contribution in [-0.4, -0.2) is 46.1 Å². The monoisotopic (exact) mass is 584 g/mol. The first-order valence-corrected chi connectivity index (χ1v) is 15.0. The molecule has 0 saturated heterocycles. The molecule has 0 fully saturated rings. The summed E-state index contributed by atoms with van der Waals surface area (Å²) in [6.45, 7) is 9.27. The van der Waals surface area contributed by atoms with Gasteiger partial charge in [-0.2, -0.15) is 4.79 Å². The van der Waals surface area contributed by atoms with Crippen molar-refractivity contribution in [1.29, 1.82) is 0 Å². The summed E-state index contributed by atoms with van der Waals surface area (Å²) < 4.78 is 11.8. The molecule has 3 rings (SSSR count). The Morgan fingerprint density at radius 1 is 0.814 bits per heavy atom. The lowest BCUT2D eigenvalue weighted by Gasteiger charge is -2.30. The molecule has 3 aromatic rings. The van der Waals surface area contributed by atoms with Gasteiger partial charge < -0.3 is 15.0 Å². The third-order valence-corrected chi connectivity index (χ3v) is 7.17. The minimum Gasteiger partial charge on any atom is -0.453 e. The summed E-state index contributed by atoms with van der Waals surface area (Å²) in [6.07, 6.45) is 1.41. The molecule has 1 unspecified atom stereocenters. The standard InChI is InChI=1S/C35H44N4O4/c1-26(2)33(27(3)4)43-35(41)32(37-36)31(22-14-15-23-42-25-29-18-10-6-11-19-29)39(24-28-16-8-5-9-17-28)38-34(40)30-20-12-7-13-21-30/h5-13,16-21,26-27,31,33H,14-15,22-25H2,1-4H3,(H,38,40). The molecule has 1 amide bonds. The van der Waals surface area contributed by atoms with Gasteiger partial charge in [0.1, 0.15) is 12.1 Å². The van der Waals surface area contributed by atoms with E-state index in [1.165, 1.54) is 0 Å². The van der Waals surface area contributed by atoms with Gasteiger partial charge in [0, 0.05) is 18.7 Å². The fourth-order valence-electron chi connectivity index (χ4n) is 5.01. The van der Waals surface area contributed by atoms with Gasteiger partial charge >= 0.3 is 11.7 Å². The van der Waals surface area contributed by atoms with Crippen LogP contribution in [0.1, 0.15) is 68.4 Å². The minimum absolute atomic E-state index is 0.0716. The zero-order valence-electron chi connectivity index (χ0n) is 25.7. The van der Waals surface area contributed by atoms with Crippen molar-refractivity contribution >= 4 is 17.6 Å². The van der Waals surface area contributed by atoms with Crippen molar-refractivity contribution in [2.45, 2.75) is 72.3 Å². The number of nitrogens with one attached hydrogen (secondary N) is 1. The number of benzene rings is 3. The molecule has 228 valence electrons. The quantitative estimate of drug-likeness (QED) is 0.0488. The van der Waals surface area contributed by atoms with Crippen LogP contribution >= 0.6 is 0 Å². The van der Waals surface area contributed by atoms with Crippen LogP contribution in [0.4, 0.5) is 0 Å². The summed E-state index contributed by atoms with van der Waals surface area (Å²) in [5, 5.41) is 1.67. The molecule has 0 spiro atoms. The molecule has 0 aliphatic rings. The van der Waals surface area contributed by atoms with E-state index in [1.54, 1.807) is 29.3 Å². The molecule has 0 aromatic heterocycles. The predicted octanol–water partition coefficient (Wildman–Crippen LogP) is 6.48.